The minimum Gasteiger partial charge on any atom is -0.497 e. The van der Waals surface area contributed by atoms with Crippen molar-refractivity contribution in [1.29, 1.82) is 0 Å². The van der Waals surface area contributed by atoms with Gasteiger partial charge in [-0.05, 0) is 42.7 Å². The van der Waals surface area contributed by atoms with Gasteiger partial charge in [0.25, 0.3) is 0 Å². The zero-order valence-corrected chi connectivity index (χ0v) is 15.7. The van der Waals surface area contributed by atoms with Crippen LogP contribution in [0, 0.1) is 0 Å². The minimum absolute atomic E-state index is 0.00416. The van der Waals surface area contributed by atoms with E-state index in [2.05, 4.69) is 20.5 Å². The summed E-state index contributed by atoms with van der Waals surface area (Å²) in [6.45, 7) is 0. The maximum atomic E-state index is 12.7. The second-order valence-corrected chi connectivity index (χ2v) is 7.46. The largest absolute Gasteiger partial charge is 0.497 e. The van der Waals surface area contributed by atoms with Gasteiger partial charge in [0, 0.05) is 11.6 Å². The van der Waals surface area contributed by atoms with Gasteiger partial charge in [0.05, 0.1) is 7.11 Å². The lowest BCUT2D eigenvalue weighted by Crippen LogP contribution is -2.29. The fourth-order valence-corrected chi connectivity index (χ4v) is 3.61. The van der Waals surface area contributed by atoms with Crippen molar-refractivity contribution >= 4 is 17.7 Å². The molecule has 1 amide bonds. The summed E-state index contributed by atoms with van der Waals surface area (Å²) < 4.78 is 5.18. The molecule has 1 heterocycles. The van der Waals surface area contributed by atoms with E-state index in [9.17, 15) is 4.79 Å². The lowest BCUT2D eigenvalue weighted by atomic mass is 10.1. The summed E-state index contributed by atoms with van der Waals surface area (Å²) in [4.78, 5) is 17.3. The van der Waals surface area contributed by atoms with Gasteiger partial charge in [-0.3, -0.25) is 9.89 Å². The lowest BCUT2D eigenvalue weighted by Gasteiger charge is -2.15. The van der Waals surface area contributed by atoms with Crippen LogP contribution >= 0.6 is 11.8 Å². The number of aromatic nitrogens is 3. The molecule has 0 radical (unpaired) electrons. The number of nitrogens with one attached hydrogen (secondary N) is 2. The third kappa shape index (κ3) is 4.31. The lowest BCUT2D eigenvalue weighted by molar-refractivity contribution is -0.120. The Morgan fingerprint density at radius 2 is 1.93 bits per heavy atom. The molecule has 0 saturated heterocycles. The number of H-pyrrole nitrogens is 1. The Balaban J connectivity index is 1.54. The molecular formula is C20H20N4O2S. The van der Waals surface area contributed by atoms with Crippen LogP contribution in [0.2, 0.25) is 0 Å². The smallest absolute Gasteiger partial charge is 0.238 e. The van der Waals surface area contributed by atoms with Gasteiger partial charge in [-0.15, -0.1) is 5.10 Å². The van der Waals surface area contributed by atoms with E-state index in [4.69, 9.17) is 4.74 Å². The van der Waals surface area contributed by atoms with Crippen LogP contribution in [0.25, 0.3) is 11.4 Å². The van der Waals surface area contributed by atoms with E-state index in [1.807, 2.05) is 54.6 Å². The van der Waals surface area contributed by atoms with Gasteiger partial charge < -0.3 is 10.1 Å². The highest BCUT2D eigenvalue weighted by Gasteiger charge is 2.30. The van der Waals surface area contributed by atoms with E-state index in [0.717, 1.165) is 29.7 Å². The van der Waals surface area contributed by atoms with Crippen LogP contribution < -0.4 is 10.1 Å². The monoisotopic (exact) mass is 380 g/mol. The number of amides is 1. The topological polar surface area (TPSA) is 79.9 Å². The fourth-order valence-electron chi connectivity index (χ4n) is 2.69. The molecule has 1 atom stereocenters. The van der Waals surface area contributed by atoms with Gasteiger partial charge in [-0.1, -0.05) is 42.1 Å². The normalized spacial score (nSPS) is 14.6. The highest BCUT2D eigenvalue weighted by molar-refractivity contribution is 8.00. The molecule has 6 nitrogen and oxygen atoms in total. The fraction of sp³-hybridized carbons (Fsp3) is 0.250. The molecule has 0 bridgehead atoms. The van der Waals surface area contributed by atoms with Crippen molar-refractivity contribution in [2.24, 2.45) is 0 Å². The van der Waals surface area contributed by atoms with Crippen molar-refractivity contribution in [2.75, 3.05) is 7.11 Å². The third-order valence-electron chi connectivity index (χ3n) is 4.32. The summed E-state index contributed by atoms with van der Waals surface area (Å²) in [6, 6.07) is 17.6. The molecule has 2 N–H and O–H groups in total. The number of rotatable bonds is 7. The maximum Gasteiger partial charge on any atom is 0.238 e. The molecule has 1 fully saturated rings. The van der Waals surface area contributed by atoms with Crippen molar-refractivity contribution in [2.45, 2.75) is 29.3 Å². The molecule has 0 aliphatic heterocycles. The van der Waals surface area contributed by atoms with Gasteiger partial charge in [-0.2, -0.15) is 0 Å². The molecule has 27 heavy (non-hydrogen) atoms. The second kappa shape index (κ2) is 7.84. The van der Waals surface area contributed by atoms with Gasteiger partial charge in [0.1, 0.15) is 11.0 Å². The number of thioether (sulfide) groups is 1. The molecule has 0 unspecified atom stereocenters. The molecule has 1 aliphatic carbocycles. The number of aromatic amines is 1. The number of methoxy groups -OCH3 is 1. The predicted octanol–water partition coefficient (Wildman–Crippen LogP) is 3.59. The summed E-state index contributed by atoms with van der Waals surface area (Å²) in [5, 5.41) is 10.5. The zero-order valence-electron chi connectivity index (χ0n) is 14.9. The van der Waals surface area contributed by atoms with Crippen LogP contribution in [0.5, 0.6) is 5.75 Å². The van der Waals surface area contributed by atoms with Crippen molar-refractivity contribution in [1.82, 2.24) is 20.5 Å². The Kier molecular flexibility index (Phi) is 5.11. The van der Waals surface area contributed by atoms with Crippen molar-refractivity contribution in [3.8, 4) is 17.1 Å². The SMILES string of the molecule is COc1ccc(-c2nc(S[C@@H](C(=O)NC3CC3)c3ccccc3)n[nH]2)cc1. The van der Waals surface area contributed by atoms with Crippen LogP contribution in [0.15, 0.2) is 59.8 Å². The molecule has 138 valence electrons. The highest BCUT2D eigenvalue weighted by atomic mass is 32.2. The first-order valence-corrected chi connectivity index (χ1v) is 9.69. The summed E-state index contributed by atoms with van der Waals surface area (Å²) in [7, 11) is 1.63. The summed E-state index contributed by atoms with van der Waals surface area (Å²) in [5.74, 6) is 1.45. The molecule has 0 spiro atoms. The molecule has 1 saturated carbocycles. The van der Waals surface area contributed by atoms with Gasteiger partial charge >= 0.3 is 0 Å². The standard InChI is InChI=1S/C20H20N4O2S/c1-26-16-11-7-14(8-12-16)18-22-20(24-23-18)27-17(13-5-3-2-4-6-13)19(25)21-15-9-10-15/h2-8,11-12,15,17H,9-10H2,1H3,(H,21,25)(H,22,23,24)/t17-/m1/s1. The van der Waals surface area contributed by atoms with Crippen LogP contribution in [-0.2, 0) is 4.79 Å². The Hall–Kier alpha value is -2.80. The molecule has 3 aromatic rings. The first-order chi connectivity index (χ1) is 13.2. The number of hydrogen-bond acceptors (Lipinski definition) is 5. The highest BCUT2D eigenvalue weighted by Crippen LogP contribution is 2.35. The van der Waals surface area contributed by atoms with Crippen LogP contribution in [0.4, 0.5) is 0 Å². The average molecular weight is 380 g/mol. The van der Waals surface area contributed by atoms with Crippen molar-refractivity contribution < 1.29 is 9.53 Å². The first-order valence-electron chi connectivity index (χ1n) is 8.82. The van der Waals surface area contributed by atoms with E-state index in [1.54, 1.807) is 7.11 Å². The first kappa shape index (κ1) is 17.6. The second-order valence-electron chi connectivity index (χ2n) is 6.39. The quantitative estimate of drug-likeness (QED) is 0.612. The molecule has 7 heteroatoms. The van der Waals surface area contributed by atoms with Gasteiger partial charge in [0.15, 0.2) is 5.82 Å². The molecule has 1 aliphatic rings. The van der Waals surface area contributed by atoms with Gasteiger partial charge in [0.2, 0.25) is 11.1 Å². The van der Waals surface area contributed by atoms with Crippen LogP contribution in [0.1, 0.15) is 23.7 Å². The number of carbonyl (C=O) groups is 1. The molecular weight excluding hydrogens is 360 g/mol. The zero-order chi connectivity index (χ0) is 18.6. The summed E-state index contributed by atoms with van der Waals surface area (Å²) in [5.41, 5.74) is 1.85. The van der Waals surface area contributed by atoms with E-state index in [-0.39, 0.29) is 11.2 Å². The number of carbonyl (C=O) groups excluding carboxylic acids is 1. The van der Waals surface area contributed by atoms with E-state index < -0.39 is 0 Å². The Bertz CT molecular complexity index is 907. The van der Waals surface area contributed by atoms with Crippen molar-refractivity contribution in [3.05, 3.63) is 60.2 Å². The third-order valence-corrected chi connectivity index (χ3v) is 5.43. The number of hydrogen-bond donors (Lipinski definition) is 2. The van der Waals surface area contributed by atoms with E-state index in [0.29, 0.717) is 17.0 Å². The van der Waals surface area contributed by atoms with Gasteiger partial charge in [-0.25, -0.2) is 4.98 Å². The predicted molar refractivity (Wildman–Crippen MR) is 105 cm³/mol. The number of nitrogens with zero attached hydrogens (tertiary/aromatic N) is 2. The van der Waals surface area contributed by atoms with Crippen LogP contribution in [0.3, 0.4) is 0 Å². The van der Waals surface area contributed by atoms with Crippen LogP contribution in [-0.4, -0.2) is 34.2 Å². The summed E-state index contributed by atoms with van der Waals surface area (Å²) >= 11 is 1.35. The number of ether oxygens (including phenoxy) is 1. The molecule has 2 aromatic carbocycles. The molecule has 4 rings (SSSR count). The Labute approximate surface area is 161 Å². The minimum atomic E-state index is -0.383. The van der Waals surface area contributed by atoms with E-state index in [1.165, 1.54) is 11.8 Å². The van der Waals surface area contributed by atoms with Crippen molar-refractivity contribution in [3.63, 3.8) is 0 Å². The maximum absolute atomic E-state index is 12.7. The van der Waals surface area contributed by atoms with E-state index >= 15 is 0 Å². The Morgan fingerprint density at radius 3 is 2.59 bits per heavy atom. The molecule has 1 aromatic heterocycles. The summed E-state index contributed by atoms with van der Waals surface area (Å²) in [6.07, 6.45) is 2.11. The number of benzene rings is 2. The Morgan fingerprint density at radius 1 is 1.19 bits per heavy atom. The average Bonchev–Trinajstić information content (AvgIpc) is 3.40.